The zero-order valence-electron chi connectivity index (χ0n) is 18.3. The van der Waals surface area contributed by atoms with E-state index in [2.05, 4.69) is 27.9 Å². The van der Waals surface area contributed by atoms with E-state index in [1.807, 2.05) is 48.2 Å². The van der Waals surface area contributed by atoms with E-state index in [0.717, 1.165) is 28.3 Å². The van der Waals surface area contributed by atoms with Crippen molar-refractivity contribution in [3.8, 4) is 5.69 Å². The van der Waals surface area contributed by atoms with E-state index < -0.39 is 0 Å². The summed E-state index contributed by atoms with van der Waals surface area (Å²) in [6.07, 6.45) is 1.77. The summed E-state index contributed by atoms with van der Waals surface area (Å²) in [7, 11) is 1.38. The molecule has 166 valence electrons. The number of rotatable bonds is 6. The molecule has 0 spiro atoms. The molecule has 1 aromatic carbocycles. The number of hydrogen-bond acceptors (Lipinski definition) is 5. The molecule has 2 N–H and O–H groups in total. The third-order valence-electron chi connectivity index (χ3n) is 5.85. The lowest BCUT2D eigenvalue weighted by Crippen LogP contribution is -2.32. The Morgan fingerprint density at radius 1 is 1.22 bits per heavy atom. The van der Waals surface area contributed by atoms with Crippen LogP contribution in [0.2, 0.25) is 0 Å². The van der Waals surface area contributed by atoms with E-state index >= 15 is 0 Å². The van der Waals surface area contributed by atoms with Crippen LogP contribution in [-0.4, -0.2) is 50.9 Å². The fourth-order valence-electron chi connectivity index (χ4n) is 4.47. The van der Waals surface area contributed by atoms with Crippen LogP contribution in [0.1, 0.15) is 45.1 Å². The molecule has 4 rings (SSSR count). The minimum atomic E-state index is -0.371. The van der Waals surface area contributed by atoms with Gasteiger partial charge in [-0.15, -0.1) is 0 Å². The lowest BCUT2D eigenvalue weighted by atomic mass is 9.97. The molecule has 0 bridgehead atoms. The highest BCUT2D eigenvalue weighted by Gasteiger charge is 2.41. The second-order valence-corrected chi connectivity index (χ2v) is 8.13. The largest absolute Gasteiger partial charge is 0.465 e. The normalized spacial score (nSPS) is 18.0. The van der Waals surface area contributed by atoms with Gasteiger partial charge in [-0.25, -0.2) is 4.79 Å². The molecule has 8 heteroatoms. The number of methoxy groups -OCH3 is 1. The Balaban J connectivity index is 1.82. The van der Waals surface area contributed by atoms with Crippen molar-refractivity contribution in [3.05, 3.63) is 82.9 Å². The summed E-state index contributed by atoms with van der Waals surface area (Å²) in [6.45, 7) is 4.50. The third kappa shape index (κ3) is 3.87. The predicted molar refractivity (Wildman–Crippen MR) is 126 cm³/mol. The average molecular weight is 451 g/mol. The van der Waals surface area contributed by atoms with Gasteiger partial charge in [-0.3, -0.25) is 4.98 Å². The van der Waals surface area contributed by atoms with Crippen molar-refractivity contribution < 1.29 is 14.6 Å². The molecule has 0 unspecified atom stereocenters. The molecule has 2 aromatic heterocycles. The number of β-amino-alcohol motifs (C(OH)–C–C–N with tert-alkyl or cyclic N) is 1. The maximum absolute atomic E-state index is 12.0. The van der Waals surface area contributed by atoms with Crippen molar-refractivity contribution >= 4 is 23.3 Å². The van der Waals surface area contributed by atoms with Gasteiger partial charge in [0.25, 0.3) is 0 Å². The first-order valence-electron chi connectivity index (χ1n) is 10.4. The molecule has 0 amide bonds. The molecule has 1 saturated heterocycles. The van der Waals surface area contributed by atoms with E-state index in [1.54, 1.807) is 12.3 Å². The molecule has 1 aliphatic rings. The molecular formula is C24H26N4O3S. The first-order valence-corrected chi connectivity index (χ1v) is 10.8. The van der Waals surface area contributed by atoms with Crippen molar-refractivity contribution in [2.24, 2.45) is 0 Å². The van der Waals surface area contributed by atoms with Crippen molar-refractivity contribution in [1.29, 1.82) is 0 Å². The molecule has 1 fully saturated rings. The maximum Gasteiger partial charge on any atom is 0.337 e. The van der Waals surface area contributed by atoms with Crippen molar-refractivity contribution in [1.82, 2.24) is 19.8 Å². The molecule has 2 atom stereocenters. The topological polar surface area (TPSA) is 79.6 Å². The number of nitrogens with zero attached hydrogens (tertiary/aromatic N) is 3. The number of hydrogen-bond donors (Lipinski definition) is 2. The van der Waals surface area contributed by atoms with Crippen LogP contribution in [0.15, 0.2) is 54.7 Å². The number of esters is 1. The van der Waals surface area contributed by atoms with E-state index in [0.29, 0.717) is 17.2 Å². The minimum absolute atomic E-state index is 0.00677. The van der Waals surface area contributed by atoms with Crippen LogP contribution in [0.5, 0.6) is 0 Å². The van der Waals surface area contributed by atoms with Crippen LogP contribution >= 0.6 is 12.2 Å². The van der Waals surface area contributed by atoms with E-state index in [4.69, 9.17) is 17.0 Å². The summed E-state index contributed by atoms with van der Waals surface area (Å²) >= 11 is 5.61. The molecule has 0 aliphatic carbocycles. The van der Waals surface area contributed by atoms with Gasteiger partial charge >= 0.3 is 5.97 Å². The average Bonchev–Trinajstić information content (AvgIpc) is 3.29. The monoisotopic (exact) mass is 450 g/mol. The van der Waals surface area contributed by atoms with Crippen LogP contribution in [0.25, 0.3) is 5.69 Å². The molecule has 0 saturated carbocycles. The molecule has 0 radical (unpaired) electrons. The first-order chi connectivity index (χ1) is 15.5. The Hall–Kier alpha value is -3.23. The Bertz CT molecular complexity index is 1150. The van der Waals surface area contributed by atoms with Crippen molar-refractivity contribution in [2.75, 3.05) is 20.3 Å². The van der Waals surface area contributed by atoms with E-state index in [1.165, 1.54) is 7.11 Å². The number of aromatic nitrogens is 2. The quantitative estimate of drug-likeness (QED) is 0.441. The Kier molecular flexibility index (Phi) is 6.25. The van der Waals surface area contributed by atoms with E-state index in [-0.39, 0.29) is 24.7 Å². The molecule has 3 aromatic rings. The van der Waals surface area contributed by atoms with E-state index in [9.17, 15) is 9.90 Å². The van der Waals surface area contributed by atoms with Gasteiger partial charge in [-0.2, -0.15) is 0 Å². The van der Waals surface area contributed by atoms with Crippen LogP contribution in [0, 0.1) is 13.8 Å². The van der Waals surface area contributed by atoms with Gasteiger partial charge < -0.3 is 24.6 Å². The smallest absolute Gasteiger partial charge is 0.337 e. The number of ether oxygens (including phenoxy) is 1. The third-order valence-corrected chi connectivity index (χ3v) is 6.21. The minimum Gasteiger partial charge on any atom is -0.465 e. The molecule has 7 nitrogen and oxygen atoms in total. The second-order valence-electron chi connectivity index (χ2n) is 7.75. The summed E-state index contributed by atoms with van der Waals surface area (Å²) in [4.78, 5) is 18.6. The fourth-order valence-corrected chi connectivity index (χ4v) is 4.80. The Morgan fingerprint density at radius 3 is 2.72 bits per heavy atom. The second kappa shape index (κ2) is 9.10. The number of carbonyl (C=O) groups is 1. The number of carbonyl (C=O) groups excluding carboxylic acids is 1. The fraction of sp³-hybridized carbons (Fsp3) is 0.292. The molecule has 1 aliphatic heterocycles. The number of aryl methyl sites for hydroxylation is 1. The molecule has 3 heterocycles. The lowest BCUT2D eigenvalue weighted by molar-refractivity contribution is 0.0600. The van der Waals surface area contributed by atoms with Gasteiger partial charge in [-0.1, -0.05) is 12.1 Å². The van der Waals surface area contributed by atoms with Crippen LogP contribution in [0.4, 0.5) is 0 Å². The lowest BCUT2D eigenvalue weighted by Gasteiger charge is -2.27. The number of aliphatic hydroxyl groups excluding tert-OH is 1. The van der Waals surface area contributed by atoms with Gasteiger partial charge in [0.05, 0.1) is 37.1 Å². The summed E-state index contributed by atoms with van der Waals surface area (Å²) in [5.41, 5.74) is 5.41. The molecular weight excluding hydrogens is 424 g/mol. The van der Waals surface area contributed by atoms with Crippen molar-refractivity contribution in [2.45, 2.75) is 25.9 Å². The summed E-state index contributed by atoms with van der Waals surface area (Å²) < 4.78 is 7.00. The first kappa shape index (κ1) is 22.0. The van der Waals surface area contributed by atoms with Gasteiger partial charge in [0.1, 0.15) is 0 Å². The van der Waals surface area contributed by atoms with Gasteiger partial charge in [-0.05, 0) is 68.0 Å². The number of thiocarbonyl (C=S) groups is 1. The van der Waals surface area contributed by atoms with Crippen LogP contribution in [-0.2, 0) is 4.74 Å². The van der Waals surface area contributed by atoms with Crippen molar-refractivity contribution in [3.63, 3.8) is 0 Å². The standard InChI is InChI=1S/C24H26N4O3S/c1-15-13-19(16(2)28(15)18-8-6-7-17(14-18)23(30)31-3)22-21(20-9-4-5-10-25-20)26-24(32)27(22)11-12-29/h4-10,13-14,21-22,29H,11-12H2,1-3H3,(H,26,32)/t21-,22-/m0/s1. The summed E-state index contributed by atoms with van der Waals surface area (Å²) in [5, 5.41) is 13.7. The van der Waals surface area contributed by atoms with Crippen LogP contribution < -0.4 is 5.32 Å². The molecule has 32 heavy (non-hydrogen) atoms. The zero-order chi connectivity index (χ0) is 22.8. The number of nitrogens with one attached hydrogen (secondary N) is 1. The number of aliphatic hydroxyl groups is 1. The summed E-state index contributed by atoms with van der Waals surface area (Å²) in [6, 6.07) is 15.1. The zero-order valence-corrected chi connectivity index (χ0v) is 19.1. The summed E-state index contributed by atoms with van der Waals surface area (Å²) in [5.74, 6) is -0.371. The highest BCUT2D eigenvalue weighted by atomic mass is 32.1. The van der Waals surface area contributed by atoms with Gasteiger partial charge in [0, 0.05) is 29.8 Å². The highest BCUT2D eigenvalue weighted by Crippen LogP contribution is 2.41. The highest BCUT2D eigenvalue weighted by molar-refractivity contribution is 7.80. The van der Waals surface area contributed by atoms with Crippen LogP contribution in [0.3, 0.4) is 0 Å². The SMILES string of the molecule is COC(=O)c1cccc(-n2c(C)cc([C@H]3[C@H](c4ccccn4)NC(=S)N3CCO)c2C)c1. The Morgan fingerprint density at radius 2 is 2.03 bits per heavy atom. The maximum atomic E-state index is 12.0. The number of benzene rings is 1. The predicted octanol–water partition coefficient (Wildman–Crippen LogP) is 3.24. The Labute approximate surface area is 192 Å². The van der Waals surface area contributed by atoms with Gasteiger partial charge in [0.15, 0.2) is 5.11 Å². The van der Waals surface area contributed by atoms with Gasteiger partial charge in [0.2, 0.25) is 0 Å². The number of pyridine rings is 1.